The van der Waals surface area contributed by atoms with Crippen LogP contribution in [0.5, 0.6) is 0 Å². The first-order valence-electron chi connectivity index (χ1n) is 10.4. The van der Waals surface area contributed by atoms with E-state index in [4.69, 9.17) is 0 Å². The van der Waals surface area contributed by atoms with Gasteiger partial charge in [0.05, 0.1) is 0 Å². The summed E-state index contributed by atoms with van der Waals surface area (Å²) in [6, 6.07) is 0.343. The molecule has 3 aliphatic rings. The Balaban J connectivity index is 1.48. The van der Waals surface area contributed by atoms with Crippen molar-refractivity contribution in [3.8, 4) is 0 Å². The Morgan fingerprint density at radius 1 is 1.07 bits per heavy atom. The molecule has 3 fully saturated rings. The van der Waals surface area contributed by atoms with Gasteiger partial charge in [-0.05, 0) is 38.0 Å². The van der Waals surface area contributed by atoms with Gasteiger partial charge in [0.25, 0.3) is 0 Å². The highest BCUT2D eigenvalue weighted by atomic mass is 32.2. The number of rotatable bonds is 5. The van der Waals surface area contributed by atoms with Crippen LogP contribution in [0.25, 0.3) is 0 Å². The lowest BCUT2D eigenvalue weighted by atomic mass is 9.85. The third-order valence-electron chi connectivity index (χ3n) is 6.16. The second-order valence-corrected chi connectivity index (χ2v) is 10.1. The number of nitrogens with zero attached hydrogens (tertiary/aromatic N) is 2. The van der Waals surface area contributed by atoms with E-state index in [2.05, 4.69) is 15.6 Å². The summed E-state index contributed by atoms with van der Waals surface area (Å²) in [7, 11) is -5.23. The molecule has 2 aliphatic carbocycles. The lowest BCUT2D eigenvalue weighted by Crippen LogP contribution is -2.52. The van der Waals surface area contributed by atoms with Crippen LogP contribution >= 0.6 is 0 Å². The maximum Gasteiger partial charge on any atom is 0.511 e. The van der Waals surface area contributed by atoms with E-state index in [0.717, 1.165) is 12.3 Å². The molecule has 1 saturated heterocycles. The van der Waals surface area contributed by atoms with Crippen LogP contribution in [-0.2, 0) is 10.0 Å². The van der Waals surface area contributed by atoms with Gasteiger partial charge in [-0.2, -0.15) is 17.5 Å². The minimum atomic E-state index is -5.23. The van der Waals surface area contributed by atoms with Crippen LogP contribution in [0.4, 0.5) is 13.2 Å². The molecule has 2 saturated carbocycles. The SMILES string of the molecule is CCN=C(NC1CCN(S(=O)(=O)C(F)(F)F)CC1)NC1CC1C1CCCCC1. The largest absolute Gasteiger partial charge is 0.511 e. The minimum Gasteiger partial charge on any atom is -0.354 e. The fraction of sp³-hybridized carbons (Fsp3) is 0.944. The number of aliphatic imine (C=N–C) groups is 1. The summed E-state index contributed by atoms with van der Waals surface area (Å²) in [4.78, 5) is 4.47. The average Bonchev–Trinajstić information content (AvgIpc) is 3.41. The van der Waals surface area contributed by atoms with Gasteiger partial charge in [-0.1, -0.05) is 32.1 Å². The lowest BCUT2D eigenvalue weighted by Gasteiger charge is -2.32. The molecule has 0 spiro atoms. The van der Waals surface area contributed by atoms with Crippen molar-refractivity contribution in [3.05, 3.63) is 0 Å². The topological polar surface area (TPSA) is 73.8 Å². The van der Waals surface area contributed by atoms with E-state index >= 15 is 0 Å². The molecule has 2 atom stereocenters. The first-order valence-corrected chi connectivity index (χ1v) is 11.8. The van der Waals surface area contributed by atoms with Crippen LogP contribution < -0.4 is 10.6 Å². The molecule has 0 aromatic heterocycles. The third kappa shape index (κ3) is 5.11. The van der Waals surface area contributed by atoms with E-state index in [1.165, 1.54) is 32.1 Å². The number of nitrogens with one attached hydrogen (secondary N) is 2. The summed E-state index contributed by atoms with van der Waals surface area (Å²) in [5, 5.41) is 6.78. The zero-order chi connectivity index (χ0) is 20.4. The number of hydrogen-bond acceptors (Lipinski definition) is 3. The highest BCUT2D eigenvalue weighted by Gasteiger charge is 2.50. The van der Waals surface area contributed by atoms with E-state index < -0.39 is 15.5 Å². The van der Waals surface area contributed by atoms with Crippen LogP contribution in [0.1, 0.15) is 58.3 Å². The van der Waals surface area contributed by atoms with Gasteiger partial charge in [0.1, 0.15) is 0 Å². The number of sulfonamides is 1. The Hall–Kier alpha value is -1.03. The Bertz CT molecular complexity index is 654. The molecule has 0 radical (unpaired) electrons. The standard InChI is InChI=1S/C18H31F3N4O2S/c1-2-22-17(24-16-12-15(16)13-6-4-3-5-7-13)23-14-8-10-25(11-9-14)28(26,27)18(19,20)21/h13-16H,2-12H2,1H3,(H2,22,23,24). The molecule has 10 heteroatoms. The van der Waals surface area contributed by atoms with Gasteiger partial charge in [-0.3, -0.25) is 4.99 Å². The monoisotopic (exact) mass is 424 g/mol. The van der Waals surface area contributed by atoms with E-state index in [1.54, 1.807) is 0 Å². The predicted octanol–water partition coefficient (Wildman–Crippen LogP) is 2.82. The molecule has 2 unspecified atom stereocenters. The zero-order valence-corrected chi connectivity index (χ0v) is 17.2. The molecular weight excluding hydrogens is 393 g/mol. The van der Waals surface area contributed by atoms with Crippen LogP contribution in [0.3, 0.4) is 0 Å². The first kappa shape index (κ1) is 21.7. The molecule has 1 heterocycles. The van der Waals surface area contributed by atoms with Gasteiger partial charge < -0.3 is 10.6 Å². The van der Waals surface area contributed by atoms with E-state index in [-0.39, 0.29) is 19.1 Å². The molecule has 162 valence electrons. The zero-order valence-electron chi connectivity index (χ0n) is 16.3. The number of alkyl halides is 3. The summed E-state index contributed by atoms with van der Waals surface area (Å²) in [6.07, 6.45) is 8.41. The maximum atomic E-state index is 12.7. The van der Waals surface area contributed by atoms with E-state index in [0.29, 0.717) is 41.6 Å². The molecule has 28 heavy (non-hydrogen) atoms. The second kappa shape index (κ2) is 8.77. The van der Waals surface area contributed by atoms with Crippen molar-refractivity contribution >= 4 is 16.0 Å². The fourth-order valence-corrected chi connectivity index (χ4v) is 5.50. The quantitative estimate of drug-likeness (QED) is 0.526. The van der Waals surface area contributed by atoms with E-state index in [9.17, 15) is 21.6 Å². The van der Waals surface area contributed by atoms with Gasteiger partial charge in [-0.15, -0.1) is 0 Å². The first-order chi connectivity index (χ1) is 13.2. The van der Waals surface area contributed by atoms with Crippen molar-refractivity contribution in [3.63, 3.8) is 0 Å². The van der Waals surface area contributed by atoms with Gasteiger partial charge >= 0.3 is 15.5 Å². The maximum absolute atomic E-state index is 12.7. The fourth-order valence-electron chi connectivity index (χ4n) is 4.51. The molecule has 1 aliphatic heterocycles. The second-order valence-electron chi connectivity index (χ2n) is 8.14. The van der Waals surface area contributed by atoms with Crippen molar-refractivity contribution in [2.75, 3.05) is 19.6 Å². The minimum absolute atomic E-state index is 0.0793. The molecule has 0 aromatic carbocycles. The van der Waals surface area contributed by atoms with Crippen LogP contribution in [0.15, 0.2) is 4.99 Å². The average molecular weight is 425 g/mol. The van der Waals surface area contributed by atoms with Gasteiger partial charge in [0.2, 0.25) is 0 Å². The number of hydrogen-bond donors (Lipinski definition) is 2. The Morgan fingerprint density at radius 3 is 2.29 bits per heavy atom. The predicted molar refractivity (Wildman–Crippen MR) is 102 cm³/mol. The Kier molecular flexibility index (Phi) is 6.79. The van der Waals surface area contributed by atoms with Crippen molar-refractivity contribution in [2.24, 2.45) is 16.8 Å². The molecule has 3 rings (SSSR count). The summed E-state index contributed by atoms with van der Waals surface area (Å²) in [6.45, 7) is 2.28. The molecule has 0 amide bonds. The van der Waals surface area contributed by atoms with Gasteiger partial charge in [0.15, 0.2) is 5.96 Å². The molecule has 6 nitrogen and oxygen atoms in total. The van der Waals surface area contributed by atoms with Crippen molar-refractivity contribution in [1.29, 1.82) is 0 Å². The summed E-state index contributed by atoms with van der Waals surface area (Å²) >= 11 is 0. The highest BCUT2D eigenvalue weighted by molar-refractivity contribution is 7.90. The molecular formula is C18H31F3N4O2S. The van der Waals surface area contributed by atoms with Gasteiger partial charge in [0, 0.05) is 31.7 Å². The smallest absolute Gasteiger partial charge is 0.354 e. The molecule has 0 aromatic rings. The number of guanidine groups is 1. The van der Waals surface area contributed by atoms with Crippen molar-refractivity contribution in [2.45, 2.75) is 75.9 Å². The van der Waals surface area contributed by atoms with E-state index in [1.807, 2.05) is 6.92 Å². The highest BCUT2D eigenvalue weighted by Crippen LogP contribution is 2.44. The van der Waals surface area contributed by atoms with Crippen LogP contribution in [-0.4, -0.2) is 55.9 Å². The molecule has 0 bridgehead atoms. The van der Waals surface area contributed by atoms with Crippen molar-refractivity contribution in [1.82, 2.24) is 14.9 Å². The Labute approximate surface area is 165 Å². The normalized spacial score (nSPS) is 28.9. The third-order valence-corrected chi connectivity index (χ3v) is 7.79. The number of halogens is 3. The Morgan fingerprint density at radius 2 is 1.71 bits per heavy atom. The molecule has 2 N–H and O–H groups in total. The lowest BCUT2D eigenvalue weighted by molar-refractivity contribution is -0.0494. The van der Waals surface area contributed by atoms with Crippen molar-refractivity contribution < 1.29 is 21.6 Å². The van der Waals surface area contributed by atoms with Gasteiger partial charge in [-0.25, -0.2) is 8.42 Å². The number of piperidine rings is 1. The van der Waals surface area contributed by atoms with Crippen LogP contribution in [0.2, 0.25) is 0 Å². The summed E-state index contributed by atoms with van der Waals surface area (Å²) in [5.74, 6) is 2.19. The summed E-state index contributed by atoms with van der Waals surface area (Å²) < 4.78 is 61.7. The summed E-state index contributed by atoms with van der Waals surface area (Å²) in [5.41, 5.74) is -5.23. The van der Waals surface area contributed by atoms with Crippen LogP contribution in [0, 0.1) is 11.8 Å².